The maximum absolute atomic E-state index is 11.0. The fourth-order valence-electron chi connectivity index (χ4n) is 2.46. The van der Waals surface area contributed by atoms with Gasteiger partial charge in [0.2, 0.25) is 0 Å². The van der Waals surface area contributed by atoms with Crippen LogP contribution >= 0.6 is 0 Å². The third-order valence-corrected chi connectivity index (χ3v) is 3.70. The molecular formula is C17H24N4O6. The molecule has 2 bridgehead atoms. The number of nitrogens with zero attached hydrogens (tertiary/aromatic N) is 4. The van der Waals surface area contributed by atoms with Crippen LogP contribution in [-0.4, -0.2) is 89.9 Å². The summed E-state index contributed by atoms with van der Waals surface area (Å²) in [6.45, 7) is 5.00. The summed E-state index contributed by atoms with van der Waals surface area (Å²) in [6.07, 6.45) is 0.500. The van der Waals surface area contributed by atoms with Gasteiger partial charge in [0.1, 0.15) is 0 Å². The molecule has 27 heavy (non-hydrogen) atoms. The Bertz CT molecular complexity index is 630. The van der Waals surface area contributed by atoms with Gasteiger partial charge in [-0.2, -0.15) is 19.2 Å². The summed E-state index contributed by atoms with van der Waals surface area (Å²) >= 11 is 0. The quantitative estimate of drug-likeness (QED) is 0.695. The van der Waals surface area contributed by atoms with E-state index in [1.54, 1.807) is 0 Å². The van der Waals surface area contributed by atoms with Gasteiger partial charge >= 0.3 is 18.3 Å². The Morgan fingerprint density at radius 1 is 0.963 bits per heavy atom. The molecule has 0 fully saturated rings. The van der Waals surface area contributed by atoms with Gasteiger partial charge in [0.25, 0.3) is 0 Å². The molecule has 0 aliphatic carbocycles. The number of pyridine rings is 1. The van der Waals surface area contributed by atoms with E-state index in [4.69, 9.17) is 24.3 Å². The topological polar surface area (TPSA) is 128 Å². The lowest BCUT2D eigenvalue weighted by molar-refractivity contribution is -0.193. The number of rotatable bonds is 2. The van der Waals surface area contributed by atoms with Gasteiger partial charge in [0.15, 0.2) is 0 Å². The molecule has 1 N–H and O–H groups in total. The van der Waals surface area contributed by atoms with Crippen LogP contribution in [0.3, 0.4) is 0 Å². The molecule has 0 amide bonds. The van der Waals surface area contributed by atoms with E-state index < -0.39 is 5.97 Å². The first-order valence-electron chi connectivity index (χ1n) is 8.10. The third-order valence-electron chi connectivity index (χ3n) is 3.70. The number of likely N-dealkylation sites (N-methyl/N-ethyl adjacent to an activating group) is 2. The van der Waals surface area contributed by atoms with E-state index in [0.29, 0.717) is 6.54 Å². The summed E-state index contributed by atoms with van der Waals surface area (Å²) in [5.74, 6) is -0.791. The van der Waals surface area contributed by atoms with Crippen LogP contribution in [0, 0.1) is 0 Å². The molecule has 1 aliphatic heterocycles. The van der Waals surface area contributed by atoms with E-state index in [0.717, 1.165) is 44.1 Å². The largest absolute Gasteiger partial charge is 0.480 e. The lowest BCUT2D eigenvalue weighted by atomic mass is 10.2. The van der Waals surface area contributed by atoms with Gasteiger partial charge in [-0.25, -0.2) is 0 Å². The first-order chi connectivity index (χ1) is 12.9. The Morgan fingerprint density at radius 3 is 2.00 bits per heavy atom. The second-order valence-corrected chi connectivity index (χ2v) is 5.93. The van der Waals surface area contributed by atoms with Crippen molar-refractivity contribution in [3.05, 3.63) is 29.6 Å². The SMILES string of the molecule is CN1CCN(C)Cc2cccc(n2)CN(CC(=O)O)CC1.O=C=O.O=C=O. The number of aromatic nitrogens is 1. The predicted octanol–water partition coefficient (Wildman–Crippen LogP) is -0.822. The van der Waals surface area contributed by atoms with Crippen LogP contribution in [0.5, 0.6) is 0 Å². The van der Waals surface area contributed by atoms with Crippen LogP contribution in [0.15, 0.2) is 18.2 Å². The molecule has 0 saturated heterocycles. The highest BCUT2D eigenvalue weighted by Crippen LogP contribution is 2.07. The summed E-state index contributed by atoms with van der Waals surface area (Å²) in [4.78, 5) is 54.6. The maximum Gasteiger partial charge on any atom is 0.373 e. The highest BCUT2D eigenvalue weighted by atomic mass is 16.4. The fourth-order valence-corrected chi connectivity index (χ4v) is 2.46. The zero-order chi connectivity index (χ0) is 20.7. The van der Waals surface area contributed by atoms with E-state index in [2.05, 4.69) is 28.9 Å². The highest BCUT2D eigenvalue weighted by Gasteiger charge is 2.14. The lowest BCUT2D eigenvalue weighted by Gasteiger charge is -2.27. The van der Waals surface area contributed by atoms with E-state index in [1.807, 2.05) is 23.1 Å². The molecular weight excluding hydrogens is 356 g/mol. The monoisotopic (exact) mass is 380 g/mol. The van der Waals surface area contributed by atoms with Crippen molar-refractivity contribution in [2.45, 2.75) is 13.1 Å². The van der Waals surface area contributed by atoms with Crippen molar-refractivity contribution in [1.29, 1.82) is 0 Å². The van der Waals surface area contributed by atoms with Crippen molar-refractivity contribution in [2.75, 3.05) is 46.8 Å². The second kappa shape index (κ2) is 14.4. The Kier molecular flexibility index (Phi) is 13.0. The fraction of sp³-hybridized carbons (Fsp3) is 0.529. The number of hydrogen-bond donors (Lipinski definition) is 1. The average molecular weight is 380 g/mol. The lowest BCUT2D eigenvalue weighted by Crippen LogP contribution is -2.39. The van der Waals surface area contributed by atoms with Crippen LogP contribution < -0.4 is 0 Å². The maximum atomic E-state index is 11.0. The molecule has 1 aromatic rings. The van der Waals surface area contributed by atoms with E-state index >= 15 is 0 Å². The second-order valence-electron chi connectivity index (χ2n) is 5.93. The minimum Gasteiger partial charge on any atom is -0.480 e. The van der Waals surface area contributed by atoms with Gasteiger partial charge in [-0.05, 0) is 26.2 Å². The van der Waals surface area contributed by atoms with Crippen molar-refractivity contribution in [3.63, 3.8) is 0 Å². The van der Waals surface area contributed by atoms with Crippen LogP contribution in [0.25, 0.3) is 0 Å². The molecule has 0 unspecified atom stereocenters. The van der Waals surface area contributed by atoms with Crippen molar-refractivity contribution in [2.24, 2.45) is 0 Å². The summed E-state index contributed by atoms with van der Waals surface area (Å²) in [5.41, 5.74) is 1.97. The summed E-state index contributed by atoms with van der Waals surface area (Å²) in [7, 11) is 4.18. The summed E-state index contributed by atoms with van der Waals surface area (Å²) in [6, 6.07) is 5.99. The zero-order valence-corrected chi connectivity index (χ0v) is 15.5. The first kappa shape index (κ1) is 24.3. The Morgan fingerprint density at radius 2 is 1.44 bits per heavy atom. The number of carboxylic acid groups (broad SMARTS) is 1. The Hall–Kier alpha value is -2.74. The Labute approximate surface area is 157 Å². The van der Waals surface area contributed by atoms with E-state index in [-0.39, 0.29) is 18.8 Å². The molecule has 10 heteroatoms. The van der Waals surface area contributed by atoms with Gasteiger partial charge in [-0.1, -0.05) is 6.07 Å². The molecule has 0 radical (unpaired) electrons. The molecule has 2 heterocycles. The van der Waals surface area contributed by atoms with Crippen molar-refractivity contribution in [3.8, 4) is 0 Å². The van der Waals surface area contributed by atoms with Gasteiger partial charge in [-0.3, -0.25) is 19.6 Å². The molecule has 1 aromatic heterocycles. The molecule has 2 rings (SSSR count). The van der Waals surface area contributed by atoms with Crippen LogP contribution in [0.2, 0.25) is 0 Å². The average Bonchev–Trinajstić information content (AvgIpc) is 2.58. The third kappa shape index (κ3) is 12.3. The van der Waals surface area contributed by atoms with Gasteiger partial charge in [-0.15, -0.1) is 0 Å². The minimum absolute atomic E-state index is 0.0552. The van der Waals surface area contributed by atoms with Crippen molar-refractivity contribution in [1.82, 2.24) is 19.7 Å². The number of carboxylic acids is 1. The Balaban J connectivity index is 0.000000997. The van der Waals surface area contributed by atoms with Crippen LogP contribution in [-0.2, 0) is 37.1 Å². The minimum atomic E-state index is -0.791. The number of carbonyl (C=O) groups excluding carboxylic acids is 4. The number of fused-ring (bicyclic) bond motifs is 2. The van der Waals surface area contributed by atoms with Gasteiger partial charge in [0, 0.05) is 39.3 Å². The predicted molar refractivity (Wildman–Crippen MR) is 91.0 cm³/mol. The number of aliphatic carboxylic acids is 1. The van der Waals surface area contributed by atoms with Gasteiger partial charge < -0.3 is 10.0 Å². The summed E-state index contributed by atoms with van der Waals surface area (Å²) in [5, 5.41) is 9.05. The molecule has 0 saturated carbocycles. The van der Waals surface area contributed by atoms with E-state index in [9.17, 15) is 4.79 Å². The van der Waals surface area contributed by atoms with Crippen LogP contribution in [0.1, 0.15) is 11.4 Å². The molecule has 10 nitrogen and oxygen atoms in total. The van der Waals surface area contributed by atoms with Crippen molar-refractivity contribution < 1.29 is 29.1 Å². The molecule has 0 atom stereocenters. The van der Waals surface area contributed by atoms with Crippen LogP contribution in [0.4, 0.5) is 0 Å². The molecule has 0 aromatic carbocycles. The molecule has 148 valence electrons. The van der Waals surface area contributed by atoms with Gasteiger partial charge in [0.05, 0.1) is 17.9 Å². The first-order valence-corrected chi connectivity index (χ1v) is 8.10. The normalized spacial score (nSPS) is 15.9. The molecule has 1 aliphatic rings. The zero-order valence-electron chi connectivity index (χ0n) is 15.5. The standard InChI is InChI=1S/C15H24N4O2.2CO2/c1-17-6-7-18(2)10-13-4-3-5-14(16-13)11-19(9-8-17)12-15(20)21;2*2-1-3/h3-5H,6-12H2,1-2H3,(H,20,21);;. The highest BCUT2D eigenvalue weighted by molar-refractivity contribution is 5.69. The summed E-state index contributed by atoms with van der Waals surface area (Å²) < 4.78 is 0. The number of carbonyl (C=O) groups is 1. The number of hydrogen-bond acceptors (Lipinski definition) is 9. The van der Waals surface area contributed by atoms with Crippen molar-refractivity contribution >= 4 is 18.3 Å². The smallest absolute Gasteiger partial charge is 0.373 e. The molecule has 0 spiro atoms. The van der Waals surface area contributed by atoms with E-state index in [1.165, 1.54) is 0 Å².